The van der Waals surface area contributed by atoms with Gasteiger partial charge in [0.05, 0.1) is 11.7 Å². The Bertz CT molecular complexity index is 687. The van der Waals surface area contributed by atoms with Crippen LogP contribution in [0.2, 0.25) is 0 Å². The Kier molecular flexibility index (Phi) is 8.73. The van der Waals surface area contributed by atoms with E-state index in [0.717, 1.165) is 5.75 Å². The highest BCUT2D eigenvalue weighted by Gasteiger charge is 2.16. The largest absolute Gasteiger partial charge is 0.491 e. The summed E-state index contributed by atoms with van der Waals surface area (Å²) in [4.78, 5) is 12.3. The fourth-order valence-electron chi connectivity index (χ4n) is 3.35. The molecule has 0 bridgehead atoms. The first-order chi connectivity index (χ1) is 13.1. The van der Waals surface area contributed by atoms with Gasteiger partial charge >= 0.3 is 5.97 Å². The molecule has 1 fully saturated rings. The van der Waals surface area contributed by atoms with Crippen molar-refractivity contribution in [3.05, 3.63) is 59.7 Å². The number of carbonyl (C=O) groups is 1. The second-order valence-corrected chi connectivity index (χ2v) is 6.98. The molecule has 1 aliphatic carbocycles. The van der Waals surface area contributed by atoms with E-state index in [2.05, 4.69) is 24.8 Å². The molecule has 0 aliphatic heterocycles. The maximum Gasteiger partial charge on any atom is 0.343 e. The molecule has 0 N–H and O–H groups in total. The second-order valence-electron chi connectivity index (χ2n) is 6.98. The number of carbonyl (C=O) groups excluding carboxylic acids is 1. The zero-order chi connectivity index (χ0) is 19.6. The molecule has 2 aromatic rings. The van der Waals surface area contributed by atoms with Gasteiger partial charge in [-0.3, -0.25) is 0 Å². The van der Waals surface area contributed by atoms with Crippen molar-refractivity contribution >= 4 is 18.6 Å². The maximum atomic E-state index is 12.3. The van der Waals surface area contributed by atoms with Gasteiger partial charge in [-0.25, -0.2) is 4.79 Å². The number of rotatable bonds is 5. The van der Waals surface area contributed by atoms with Gasteiger partial charge in [0, 0.05) is 0 Å². The predicted molar refractivity (Wildman–Crippen MR) is 114 cm³/mol. The van der Waals surface area contributed by atoms with E-state index in [-0.39, 0.29) is 12.1 Å². The zero-order valence-corrected chi connectivity index (χ0v) is 17.4. The van der Waals surface area contributed by atoms with Crippen LogP contribution in [-0.2, 0) is 0 Å². The van der Waals surface area contributed by atoms with E-state index in [9.17, 15) is 4.79 Å². The minimum absolute atomic E-state index is 0.112. The normalized spacial score (nSPS) is 14.3. The molecular formula is C23H30O3S. The summed E-state index contributed by atoms with van der Waals surface area (Å²) in [5.41, 5.74) is 1.88. The van der Waals surface area contributed by atoms with Gasteiger partial charge in [0.2, 0.25) is 0 Å². The smallest absolute Gasteiger partial charge is 0.343 e. The molecular weight excluding hydrogens is 356 g/mol. The SMILES string of the molecule is CC(C)Oc1ccc(C(=O)Oc2ccc(C3CCCCC3)cc2)cc1.CS. The fraction of sp³-hybridized carbons (Fsp3) is 0.435. The van der Waals surface area contributed by atoms with Gasteiger partial charge in [-0.2, -0.15) is 12.6 Å². The number of thiol groups is 1. The van der Waals surface area contributed by atoms with Gasteiger partial charge in [0.1, 0.15) is 11.5 Å². The Balaban J connectivity index is 0.00000126. The third-order valence-corrected chi connectivity index (χ3v) is 4.63. The van der Waals surface area contributed by atoms with Crippen molar-refractivity contribution in [2.75, 3.05) is 6.26 Å². The third kappa shape index (κ3) is 6.62. The summed E-state index contributed by atoms with van der Waals surface area (Å²) in [6.07, 6.45) is 8.33. The first-order valence-electron chi connectivity index (χ1n) is 9.65. The third-order valence-electron chi connectivity index (χ3n) is 4.63. The highest BCUT2D eigenvalue weighted by atomic mass is 32.1. The van der Waals surface area contributed by atoms with Crippen molar-refractivity contribution in [1.29, 1.82) is 0 Å². The van der Waals surface area contributed by atoms with Crippen LogP contribution in [0.15, 0.2) is 48.5 Å². The number of hydrogen-bond donors (Lipinski definition) is 1. The van der Waals surface area contributed by atoms with Crippen LogP contribution < -0.4 is 9.47 Å². The van der Waals surface area contributed by atoms with Crippen LogP contribution in [-0.4, -0.2) is 18.3 Å². The van der Waals surface area contributed by atoms with Gasteiger partial charge in [0.25, 0.3) is 0 Å². The van der Waals surface area contributed by atoms with Gasteiger partial charge < -0.3 is 9.47 Å². The lowest BCUT2D eigenvalue weighted by Crippen LogP contribution is -2.09. The van der Waals surface area contributed by atoms with Gasteiger partial charge in [0.15, 0.2) is 0 Å². The summed E-state index contributed by atoms with van der Waals surface area (Å²) in [6, 6.07) is 15.0. The maximum absolute atomic E-state index is 12.3. The van der Waals surface area contributed by atoms with Crippen LogP contribution in [0.4, 0.5) is 0 Å². The summed E-state index contributed by atoms with van der Waals surface area (Å²) >= 11 is 3.53. The van der Waals surface area contributed by atoms with Crippen molar-refractivity contribution in [3.8, 4) is 11.5 Å². The average Bonchev–Trinajstić information content (AvgIpc) is 2.71. The Morgan fingerprint density at radius 1 is 0.889 bits per heavy atom. The molecule has 0 atom stereocenters. The molecule has 1 aliphatic rings. The summed E-state index contributed by atoms with van der Waals surface area (Å²) < 4.78 is 11.1. The zero-order valence-electron chi connectivity index (χ0n) is 16.5. The van der Waals surface area contributed by atoms with Gasteiger partial charge in [-0.15, -0.1) is 0 Å². The highest BCUT2D eigenvalue weighted by Crippen LogP contribution is 2.33. The van der Waals surface area contributed by atoms with E-state index in [1.807, 2.05) is 26.0 Å². The van der Waals surface area contributed by atoms with Crippen LogP contribution in [0.1, 0.15) is 67.8 Å². The van der Waals surface area contributed by atoms with Crippen molar-refractivity contribution < 1.29 is 14.3 Å². The summed E-state index contributed by atoms with van der Waals surface area (Å²) in [5.74, 6) is 1.66. The molecule has 4 heteroatoms. The molecule has 1 saturated carbocycles. The van der Waals surface area contributed by atoms with Crippen molar-refractivity contribution in [2.24, 2.45) is 0 Å². The van der Waals surface area contributed by atoms with Crippen LogP contribution in [0, 0.1) is 0 Å². The van der Waals surface area contributed by atoms with E-state index in [4.69, 9.17) is 9.47 Å². The first kappa shape index (κ1) is 21.4. The molecule has 0 radical (unpaired) electrons. The minimum atomic E-state index is -0.346. The molecule has 0 saturated heterocycles. The van der Waals surface area contributed by atoms with E-state index in [1.165, 1.54) is 37.7 Å². The second kappa shape index (κ2) is 11.0. The number of benzene rings is 2. The topological polar surface area (TPSA) is 35.5 Å². The number of hydrogen-bond acceptors (Lipinski definition) is 4. The molecule has 3 nitrogen and oxygen atoms in total. The number of ether oxygens (including phenoxy) is 2. The van der Waals surface area contributed by atoms with E-state index >= 15 is 0 Å². The lowest BCUT2D eigenvalue weighted by molar-refractivity contribution is 0.0734. The summed E-state index contributed by atoms with van der Waals surface area (Å²) in [5, 5.41) is 0. The Morgan fingerprint density at radius 2 is 1.44 bits per heavy atom. The quantitative estimate of drug-likeness (QED) is 0.373. The predicted octanol–water partition coefficient (Wildman–Crippen LogP) is 6.29. The van der Waals surface area contributed by atoms with Crippen molar-refractivity contribution in [2.45, 2.75) is 58.0 Å². The molecule has 27 heavy (non-hydrogen) atoms. The molecule has 3 rings (SSSR count). The van der Waals surface area contributed by atoms with E-state index < -0.39 is 0 Å². The molecule has 146 valence electrons. The van der Waals surface area contributed by atoms with Gasteiger partial charge in [-0.05, 0) is 80.8 Å². The van der Waals surface area contributed by atoms with Crippen molar-refractivity contribution in [1.82, 2.24) is 0 Å². The van der Waals surface area contributed by atoms with Crippen LogP contribution in [0.25, 0.3) is 0 Å². The van der Waals surface area contributed by atoms with E-state index in [0.29, 0.717) is 17.2 Å². The molecule has 2 aromatic carbocycles. The summed E-state index contributed by atoms with van der Waals surface area (Å²) in [6.45, 7) is 3.94. The number of esters is 1. The molecule has 0 unspecified atom stereocenters. The fourth-order valence-corrected chi connectivity index (χ4v) is 3.35. The lowest BCUT2D eigenvalue weighted by Gasteiger charge is -2.22. The molecule has 0 spiro atoms. The average molecular weight is 387 g/mol. The lowest BCUT2D eigenvalue weighted by atomic mass is 9.84. The summed E-state index contributed by atoms with van der Waals surface area (Å²) in [7, 11) is 0. The minimum Gasteiger partial charge on any atom is -0.491 e. The Hall–Kier alpha value is -1.94. The Morgan fingerprint density at radius 3 is 2.00 bits per heavy atom. The monoisotopic (exact) mass is 386 g/mol. The van der Waals surface area contributed by atoms with E-state index in [1.54, 1.807) is 30.5 Å². The standard InChI is InChI=1S/C22H26O3.CH4S/c1-16(2)24-20-14-10-19(11-15-20)22(23)25-21-12-8-18(9-13-21)17-6-4-3-5-7-17;1-2/h8-17H,3-7H2,1-2H3;2H,1H3. The first-order valence-corrected chi connectivity index (χ1v) is 10.5. The molecule has 0 amide bonds. The van der Waals surface area contributed by atoms with Crippen LogP contribution in [0.5, 0.6) is 11.5 Å². The Labute approximate surface area is 168 Å². The van der Waals surface area contributed by atoms with Gasteiger partial charge in [-0.1, -0.05) is 31.4 Å². The van der Waals surface area contributed by atoms with Crippen molar-refractivity contribution in [3.63, 3.8) is 0 Å². The van der Waals surface area contributed by atoms with Crippen LogP contribution in [0.3, 0.4) is 0 Å². The molecule has 0 aromatic heterocycles. The molecule has 0 heterocycles. The highest BCUT2D eigenvalue weighted by molar-refractivity contribution is 7.79. The van der Waals surface area contributed by atoms with Crippen LogP contribution >= 0.6 is 12.6 Å².